The Morgan fingerprint density at radius 1 is 1.21 bits per heavy atom. The van der Waals surface area contributed by atoms with Crippen molar-refractivity contribution in [1.29, 1.82) is 0 Å². The number of hydrogen-bond acceptors (Lipinski definition) is 2. The molecule has 3 nitrogen and oxygen atoms in total. The van der Waals surface area contributed by atoms with Crippen molar-refractivity contribution >= 4 is 17.6 Å². The molecule has 0 aliphatic heterocycles. The largest absolute Gasteiger partial charge is 0.489 e. The average molecular weight is 281 g/mol. The third-order valence-electron chi connectivity index (χ3n) is 2.50. The van der Waals surface area contributed by atoms with Crippen LogP contribution >= 0.6 is 11.6 Å². The third kappa shape index (κ3) is 3.45. The van der Waals surface area contributed by atoms with Crippen LogP contribution in [0.25, 0.3) is 0 Å². The maximum Gasteiger partial charge on any atom is 0.335 e. The molecule has 0 heterocycles. The van der Waals surface area contributed by atoms with Gasteiger partial charge in [0.05, 0.1) is 5.56 Å². The van der Waals surface area contributed by atoms with E-state index in [9.17, 15) is 9.18 Å². The second-order valence-electron chi connectivity index (χ2n) is 3.85. The van der Waals surface area contributed by atoms with Gasteiger partial charge in [-0.2, -0.15) is 0 Å². The standard InChI is InChI=1S/C14H10ClFO3/c15-11-3-6-13(16)10(7-11)8-19-12-4-1-9(2-5-12)14(17)18/h1-7H,8H2,(H,17,18). The summed E-state index contributed by atoms with van der Waals surface area (Å²) in [7, 11) is 0. The first-order valence-electron chi connectivity index (χ1n) is 5.46. The summed E-state index contributed by atoms with van der Waals surface area (Å²) < 4.78 is 18.8. The van der Waals surface area contributed by atoms with Crippen LogP contribution in [0.15, 0.2) is 42.5 Å². The van der Waals surface area contributed by atoms with E-state index in [2.05, 4.69) is 0 Å². The summed E-state index contributed by atoms with van der Waals surface area (Å²) in [6, 6.07) is 10.1. The summed E-state index contributed by atoms with van der Waals surface area (Å²) in [5.41, 5.74) is 0.510. The Hall–Kier alpha value is -2.07. The highest BCUT2D eigenvalue weighted by Crippen LogP contribution is 2.18. The van der Waals surface area contributed by atoms with E-state index in [-0.39, 0.29) is 12.2 Å². The van der Waals surface area contributed by atoms with Crippen LogP contribution in [0.2, 0.25) is 5.02 Å². The van der Waals surface area contributed by atoms with Gasteiger partial charge in [0.1, 0.15) is 18.2 Å². The fraction of sp³-hybridized carbons (Fsp3) is 0.0714. The van der Waals surface area contributed by atoms with Crippen LogP contribution in [-0.4, -0.2) is 11.1 Å². The lowest BCUT2D eigenvalue weighted by Crippen LogP contribution is -2.00. The monoisotopic (exact) mass is 280 g/mol. The van der Waals surface area contributed by atoms with E-state index in [0.29, 0.717) is 16.3 Å². The molecule has 0 unspecified atom stereocenters. The highest BCUT2D eigenvalue weighted by Gasteiger charge is 2.05. The maximum absolute atomic E-state index is 13.4. The number of carbonyl (C=O) groups is 1. The van der Waals surface area contributed by atoms with Crippen molar-refractivity contribution < 1.29 is 19.0 Å². The number of rotatable bonds is 4. The number of hydrogen-bond donors (Lipinski definition) is 1. The van der Waals surface area contributed by atoms with Gasteiger partial charge in [-0.3, -0.25) is 0 Å². The fourth-order valence-corrected chi connectivity index (χ4v) is 1.70. The van der Waals surface area contributed by atoms with Crippen molar-refractivity contribution in [3.63, 3.8) is 0 Å². The topological polar surface area (TPSA) is 46.5 Å². The van der Waals surface area contributed by atoms with Crippen molar-refractivity contribution in [1.82, 2.24) is 0 Å². The lowest BCUT2D eigenvalue weighted by atomic mass is 10.2. The van der Waals surface area contributed by atoms with Crippen molar-refractivity contribution in [2.45, 2.75) is 6.61 Å². The molecule has 0 aliphatic carbocycles. The zero-order valence-corrected chi connectivity index (χ0v) is 10.5. The van der Waals surface area contributed by atoms with Crippen molar-refractivity contribution in [3.8, 4) is 5.75 Å². The van der Waals surface area contributed by atoms with Gasteiger partial charge in [-0.15, -0.1) is 0 Å². The second-order valence-corrected chi connectivity index (χ2v) is 4.29. The van der Waals surface area contributed by atoms with Crippen LogP contribution in [0.4, 0.5) is 4.39 Å². The Kier molecular flexibility index (Phi) is 4.02. The highest BCUT2D eigenvalue weighted by molar-refractivity contribution is 6.30. The van der Waals surface area contributed by atoms with Crippen LogP contribution in [0, 0.1) is 5.82 Å². The van der Waals surface area contributed by atoms with Gasteiger partial charge >= 0.3 is 5.97 Å². The number of carboxylic acid groups (broad SMARTS) is 1. The molecule has 2 aromatic rings. The van der Waals surface area contributed by atoms with E-state index in [1.165, 1.54) is 42.5 Å². The van der Waals surface area contributed by atoms with E-state index in [4.69, 9.17) is 21.4 Å². The molecule has 0 aliphatic rings. The SMILES string of the molecule is O=C(O)c1ccc(OCc2cc(Cl)ccc2F)cc1. The molecular weight excluding hydrogens is 271 g/mol. The zero-order valence-electron chi connectivity index (χ0n) is 9.77. The third-order valence-corrected chi connectivity index (χ3v) is 2.74. The second kappa shape index (κ2) is 5.71. The Morgan fingerprint density at radius 2 is 1.89 bits per heavy atom. The van der Waals surface area contributed by atoms with Gasteiger partial charge < -0.3 is 9.84 Å². The van der Waals surface area contributed by atoms with Crippen LogP contribution in [0.3, 0.4) is 0 Å². The summed E-state index contributed by atoms with van der Waals surface area (Å²) in [5, 5.41) is 9.18. The first-order chi connectivity index (χ1) is 9.06. The van der Waals surface area contributed by atoms with Gasteiger partial charge in [0.2, 0.25) is 0 Å². The van der Waals surface area contributed by atoms with Gasteiger partial charge in [-0.25, -0.2) is 9.18 Å². The van der Waals surface area contributed by atoms with E-state index in [0.717, 1.165) is 0 Å². The Balaban J connectivity index is 2.06. The minimum absolute atomic E-state index is 0.0266. The van der Waals surface area contributed by atoms with Gasteiger partial charge in [-0.05, 0) is 42.5 Å². The molecule has 0 bridgehead atoms. The predicted molar refractivity (Wildman–Crippen MR) is 69.1 cm³/mol. The molecule has 0 amide bonds. The highest BCUT2D eigenvalue weighted by atomic mass is 35.5. The summed E-state index contributed by atoms with van der Waals surface area (Å²) >= 11 is 5.77. The fourth-order valence-electron chi connectivity index (χ4n) is 1.51. The van der Waals surface area contributed by atoms with Crippen LogP contribution in [0.5, 0.6) is 5.75 Å². The summed E-state index contributed by atoms with van der Waals surface area (Å²) in [4.78, 5) is 10.7. The number of benzene rings is 2. The molecule has 2 aromatic carbocycles. The quantitative estimate of drug-likeness (QED) is 0.927. The van der Waals surface area contributed by atoms with E-state index in [1.54, 1.807) is 0 Å². The molecule has 98 valence electrons. The smallest absolute Gasteiger partial charge is 0.335 e. The van der Waals surface area contributed by atoms with Crippen LogP contribution < -0.4 is 4.74 Å². The molecule has 5 heteroatoms. The molecule has 2 rings (SSSR count). The van der Waals surface area contributed by atoms with Crippen molar-refractivity contribution in [2.75, 3.05) is 0 Å². The molecule has 0 saturated heterocycles. The van der Waals surface area contributed by atoms with E-state index >= 15 is 0 Å². The van der Waals surface area contributed by atoms with Crippen molar-refractivity contribution in [2.24, 2.45) is 0 Å². The van der Waals surface area contributed by atoms with Crippen LogP contribution in [0.1, 0.15) is 15.9 Å². The lowest BCUT2D eigenvalue weighted by molar-refractivity contribution is 0.0697. The summed E-state index contributed by atoms with van der Waals surface area (Å²) in [6.45, 7) is 0.0266. The zero-order chi connectivity index (χ0) is 13.8. The molecule has 0 spiro atoms. The summed E-state index contributed by atoms with van der Waals surface area (Å²) in [5.74, 6) is -0.941. The van der Waals surface area contributed by atoms with Gasteiger partial charge in [0, 0.05) is 10.6 Å². The normalized spacial score (nSPS) is 10.2. The predicted octanol–water partition coefficient (Wildman–Crippen LogP) is 3.76. The maximum atomic E-state index is 13.4. The van der Waals surface area contributed by atoms with Crippen molar-refractivity contribution in [3.05, 3.63) is 64.4 Å². The molecule has 19 heavy (non-hydrogen) atoms. The number of carboxylic acids is 1. The molecule has 0 aromatic heterocycles. The van der Waals surface area contributed by atoms with E-state index < -0.39 is 11.8 Å². The van der Waals surface area contributed by atoms with Crippen LogP contribution in [-0.2, 0) is 6.61 Å². The molecular formula is C14H10ClFO3. The van der Waals surface area contributed by atoms with Gasteiger partial charge in [-0.1, -0.05) is 11.6 Å². The molecule has 0 atom stereocenters. The summed E-state index contributed by atoms with van der Waals surface area (Å²) in [6.07, 6.45) is 0. The number of ether oxygens (including phenoxy) is 1. The Bertz CT molecular complexity index is 596. The molecule has 1 N–H and O–H groups in total. The minimum atomic E-state index is -1.01. The van der Waals surface area contributed by atoms with Gasteiger partial charge in [0.25, 0.3) is 0 Å². The molecule has 0 fully saturated rings. The van der Waals surface area contributed by atoms with Gasteiger partial charge in [0.15, 0.2) is 0 Å². The first-order valence-corrected chi connectivity index (χ1v) is 5.84. The lowest BCUT2D eigenvalue weighted by Gasteiger charge is -2.07. The number of halogens is 2. The Morgan fingerprint density at radius 3 is 2.53 bits per heavy atom. The minimum Gasteiger partial charge on any atom is -0.489 e. The molecule has 0 radical (unpaired) electrons. The van der Waals surface area contributed by atoms with E-state index in [1.807, 2.05) is 0 Å². The number of aromatic carboxylic acids is 1. The Labute approximate surface area is 114 Å². The molecule has 0 saturated carbocycles. The first kappa shape index (κ1) is 13.4. The average Bonchev–Trinajstić information content (AvgIpc) is 2.40.